The predicted octanol–water partition coefficient (Wildman–Crippen LogP) is 2.99. The number of amides is 1. The molecule has 1 unspecified atom stereocenters. The molecule has 0 radical (unpaired) electrons. The van der Waals surface area contributed by atoms with Crippen LogP contribution in [-0.2, 0) is 16.4 Å². The summed E-state index contributed by atoms with van der Waals surface area (Å²) in [6.45, 7) is -0.0263. The molecule has 4 rings (SSSR count). The molecule has 2 saturated heterocycles. The lowest BCUT2D eigenvalue weighted by Gasteiger charge is -2.40. The lowest BCUT2D eigenvalue weighted by molar-refractivity contribution is 0.0956. The number of rotatable bonds is 9. The van der Waals surface area contributed by atoms with Crippen LogP contribution in [0.3, 0.4) is 0 Å². The van der Waals surface area contributed by atoms with Gasteiger partial charge in [-0.15, -0.1) is 0 Å². The van der Waals surface area contributed by atoms with Gasteiger partial charge >= 0.3 is 0 Å². The van der Waals surface area contributed by atoms with E-state index in [1.165, 1.54) is 7.11 Å². The number of ether oxygens (including phenoxy) is 1. The van der Waals surface area contributed by atoms with Crippen molar-refractivity contribution < 1.29 is 31.1 Å². The quantitative estimate of drug-likeness (QED) is 0.490. The molecular formula is C25H30F3N3O4S. The van der Waals surface area contributed by atoms with Crippen molar-refractivity contribution in [2.24, 2.45) is 11.7 Å². The number of carbonyl (C=O) groups is 1. The molecule has 1 amide bonds. The maximum atomic E-state index is 14.1. The number of hydrogen-bond acceptors (Lipinski definition) is 5. The molecule has 0 spiro atoms. The van der Waals surface area contributed by atoms with E-state index in [-0.39, 0.29) is 48.2 Å². The molecule has 0 aromatic heterocycles. The molecule has 11 heteroatoms. The Morgan fingerprint density at radius 3 is 2.31 bits per heavy atom. The predicted molar refractivity (Wildman–Crippen MR) is 128 cm³/mol. The van der Waals surface area contributed by atoms with E-state index in [2.05, 4.69) is 5.32 Å². The van der Waals surface area contributed by atoms with Crippen LogP contribution < -0.4 is 15.8 Å². The van der Waals surface area contributed by atoms with Gasteiger partial charge < -0.3 is 15.8 Å². The smallest absolute Gasteiger partial charge is 0.251 e. The van der Waals surface area contributed by atoms with Gasteiger partial charge in [0.05, 0.1) is 12.9 Å². The van der Waals surface area contributed by atoms with Crippen molar-refractivity contribution in [3.8, 4) is 5.75 Å². The SMILES string of the molecule is COc1ccc(C(=O)NCCS(=O)(=O)N2[C@@H]3CC[C@H]2CC([C@H](N)Cc2cc(F)c(F)cc2F)C3)cc1. The van der Waals surface area contributed by atoms with Crippen LogP contribution in [-0.4, -0.2) is 56.2 Å². The fraction of sp³-hybridized carbons (Fsp3) is 0.480. The van der Waals surface area contributed by atoms with Crippen LogP contribution in [0.25, 0.3) is 0 Å². The minimum Gasteiger partial charge on any atom is -0.497 e. The summed E-state index contributed by atoms with van der Waals surface area (Å²) in [5, 5.41) is 2.65. The topological polar surface area (TPSA) is 102 Å². The van der Waals surface area contributed by atoms with Crippen LogP contribution in [0, 0.1) is 23.4 Å². The summed E-state index contributed by atoms with van der Waals surface area (Å²) in [6.07, 6.45) is 2.47. The molecule has 2 aliphatic rings. The van der Waals surface area contributed by atoms with Gasteiger partial charge in [0.2, 0.25) is 10.0 Å². The molecule has 2 bridgehead atoms. The Morgan fingerprint density at radius 1 is 1.08 bits per heavy atom. The summed E-state index contributed by atoms with van der Waals surface area (Å²) in [6, 6.07) is 6.89. The standard InChI is InChI=1S/C25H30F3N3O4S/c1-35-20-6-2-15(3-7-20)25(32)30-8-9-36(33,34)31-18-4-5-19(31)11-17(10-18)24(29)13-16-12-22(27)23(28)14-21(16)26/h2-3,6-7,12,14,17-19,24H,4-5,8-11,13,29H2,1H3,(H,30,32)/t17?,18-,19+,24-/m1/s1. The van der Waals surface area contributed by atoms with Gasteiger partial charge in [0, 0.05) is 36.3 Å². The number of fused-ring (bicyclic) bond motifs is 2. The summed E-state index contributed by atoms with van der Waals surface area (Å²) in [7, 11) is -2.10. The van der Waals surface area contributed by atoms with E-state index < -0.39 is 33.5 Å². The summed E-state index contributed by atoms with van der Waals surface area (Å²) in [5.41, 5.74) is 6.74. The van der Waals surface area contributed by atoms with E-state index in [1.54, 1.807) is 28.6 Å². The van der Waals surface area contributed by atoms with Gasteiger partial charge in [-0.1, -0.05) is 0 Å². The van der Waals surface area contributed by atoms with Crippen molar-refractivity contribution in [1.29, 1.82) is 0 Å². The molecule has 2 aromatic carbocycles. The highest BCUT2D eigenvalue weighted by atomic mass is 32.2. The van der Waals surface area contributed by atoms with Gasteiger partial charge in [0.15, 0.2) is 11.6 Å². The number of nitrogens with one attached hydrogen (secondary N) is 1. The van der Waals surface area contributed by atoms with E-state index in [4.69, 9.17) is 10.5 Å². The first kappa shape index (κ1) is 26.4. The number of carbonyl (C=O) groups excluding carboxylic acids is 1. The molecule has 4 atom stereocenters. The van der Waals surface area contributed by atoms with Crippen molar-refractivity contribution >= 4 is 15.9 Å². The van der Waals surface area contributed by atoms with Crippen LogP contribution in [0.5, 0.6) is 5.75 Å². The first-order valence-corrected chi connectivity index (χ1v) is 13.5. The Hall–Kier alpha value is -2.63. The molecule has 2 heterocycles. The van der Waals surface area contributed by atoms with E-state index in [1.807, 2.05) is 0 Å². The Kier molecular flexibility index (Phi) is 7.91. The normalized spacial score (nSPS) is 22.9. The lowest BCUT2D eigenvalue weighted by atomic mass is 9.83. The zero-order chi connectivity index (χ0) is 26.0. The molecule has 2 aromatic rings. The van der Waals surface area contributed by atoms with Crippen molar-refractivity contribution in [3.05, 3.63) is 65.0 Å². The molecule has 0 aliphatic carbocycles. The van der Waals surface area contributed by atoms with E-state index in [9.17, 15) is 26.4 Å². The molecule has 0 saturated carbocycles. The van der Waals surface area contributed by atoms with Gasteiger partial charge in [-0.05, 0) is 73.9 Å². The van der Waals surface area contributed by atoms with Crippen molar-refractivity contribution in [2.45, 2.75) is 50.2 Å². The fourth-order valence-corrected chi connectivity index (χ4v) is 7.23. The third-order valence-electron chi connectivity index (χ3n) is 7.17. The maximum absolute atomic E-state index is 14.1. The maximum Gasteiger partial charge on any atom is 0.251 e. The Morgan fingerprint density at radius 2 is 1.69 bits per heavy atom. The molecule has 2 fully saturated rings. The number of methoxy groups -OCH3 is 1. The minimum absolute atomic E-state index is 0.0106. The van der Waals surface area contributed by atoms with Gasteiger partial charge in [-0.2, -0.15) is 4.31 Å². The summed E-state index contributed by atoms with van der Waals surface area (Å²) in [5.74, 6) is -3.27. The first-order chi connectivity index (χ1) is 17.1. The average Bonchev–Trinajstić information content (AvgIpc) is 3.13. The zero-order valence-electron chi connectivity index (χ0n) is 19.9. The molecular weight excluding hydrogens is 495 g/mol. The Balaban J connectivity index is 1.33. The largest absolute Gasteiger partial charge is 0.497 e. The second kappa shape index (κ2) is 10.8. The first-order valence-electron chi connectivity index (χ1n) is 11.9. The monoisotopic (exact) mass is 525 g/mol. The number of nitrogens with two attached hydrogens (primary N) is 1. The van der Waals surface area contributed by atoms with Gasteiger partial charge in [-0.25, -0.2) is 21.6 Å². The van der Waals surface area contributed by atoms with E-state index >= 15 is 0 Å². The third kappa shape index (κ3) is 5.68. The Labute approximate surface area is 208 Å². The molecule has 196 valence electrons. The lowest BCUT2D eigenvalue weighted by Crippen LogP contribution is -2.51. The number of nitrogens with zero attached hydrogens (tertiary/aromatic N) is 1. The molecule has 7 nitrogen and oxygen atoms in total. The number of sulfonamides is 1. The average molecular weight is 526 g/mol. The van der Waals surface area contributed by atoms with E-state index in [0.717, 1.165) is 6.07 Å². The van der Waals surface area contributed by atoms with Crippen molar-refractivity contribution in [3.63, 3.8) is 0 Å². The number of hydrogen-bond donors (Lipinski definition) is 2. The molecule has 3 N–H and O–H groups in total. The molecule has 2 aliphatic heterocycles. The van der Waals surface area contributed by atoms with Gasteiger partial charge in [0.25, 0.3) is 5.91 Å². The second-order valence-corrected chi connectivity index (χ2v) is 11.5. The van der Waals surface area contributed by atoms with Crippen LogP contribution in [0.2, 0.25) is 0 Å². The summed E-state index contributed by atoms with van der Waals surface area (Å²) in [4.78, 5) is 12.3. The van der Waals surface area contributed by atoms with Gasteiger partial charge in [-0.3, -0.25) is 4.79 Å². The Bertz CT molecular complexity index is 1200. The van der Waals surface area contributed by atoms with Crippen LogP contribution >= 0.6 is 0 Å². The van der Waals surface area contributed by atoms with Crippen LogP contribution in [0.4, 0.5) is 13.2 Å². The van der Waals surface area contributed by atoms with E-state index in [0.29, 0.717) is 43.1 Å². The third-order valence-corrected chi connectivity index (χ3v) is 9.13. The number of piperidine rings is 1. The summed E-state index contributed by atoms with van der Waals surface area (Å²) < 4.78 is 73.7. The zero-order valence-corrected chi connectivity index (χ0v) is 20.7. The highest BCUT2D eigenvalue weighted by Gasteiger charge is 2.47. The second-order valence-electron chi connectivity index (χ2n) is 9.47. The van der Waals surface area contributed by atoms with Crippen LogP contribution in [0.15, 0.2) is 36.4 Å². The summed E-state index contributed by atoms with van der Waals surface area (Å²) >= 11 is 0. The van der Waals surface area contributed by atoms with Crippen molar-refractivity contribution in [1.82, 2.24) is 9.62 Å². The minimum atomic E-state index is -3.63. The number of halogens is 3. The highest BCUT2D eigenvalue weighted by Crippen LogP contribution is 2.42. The molecule has 36 heavy (non-hydrogen) atoms. The van der Waals surface area contributed by atoms with Crippen LogP contribution in [0.1, 0.15) is 41.6 Å². The van der Waals surface area contributed by atoms with Gasteiger partial charge in [0.1, 0.15) is 11.6 Å². The highest BCUT2D eigenvalue weighted by molar-refractivity contribution is 7.89. The fourth-order valence-electron chi connectivity index (χ4n) is 5.36. The van der Waals surface area contributed by atoms with Crippen molar-refractivity contribution in [2.75, 3.05) is 19.4 Å². The number of benzene rings is 2.